The predicted octanol–water partition coefficient (Wildman–Crippen LogP) is 2.76. The quantitative estimate of drug-likeness (QED) is 0.635. The zero-order chi connectivity index (χ0) is 11.4. The zero-order valence-electron chi connectivity index (χ0n) is 8.80. The first-order valence-corrected chi connectivity index (χ1v) is 8.17. The van der Waals surface area contributed by atoms with E-state index in [2.05, 4.69) is 4.98 Å². The van der Waals surface area contributed by atoms with Gasteiger partial charge in [0.15, 0.2) is 4.96 Å². The standard InChI is InChI=1S/C11H8N2OS3/c14-10-8-6-1-3-15-5-7(6)17-9(8)12-11-13(10)2-4-16-11/h2,4H,1,3,5H2. The van der Waals surface area contributed by atoms with E-state index in [1.165, 1.54) is 21.8 Å². The molecule has 1 aliphatic heterocycles. The summed E-state index contributed by atoms with van der Waals surface area (Å²) in [6.45, 7) is 0. The van der Waals surface area contributed by atoms with Gasteiger partial charge in [0.1, 0.15) is 4.83 Å². The third-order valence-corrected chi connectivity index (χ3v) is 6.07. The Kier molecular flexibility index (Phi) is 2.12. The Labute approximate surface area is 109 Å². The van der Waals surface area contributed by atoms with E-state index in [4.69, 9.17) is 0 Å². The summed E-state index contributed by atoms with van der Waals surface area (Å²) in [6, 6.07) is 0. The van der Waals surface area contributed by atoms with Crippen LogP contribution in [0.1, 0.15) is 10.4 Å². The van der Waals surface area contributed by atoms with Crippen molar-refractivity contribution in [2.75, 3.05) is 5.75 Å². The molecule has 1 aliphatic rings. The molecule has 17 heavy (non-hydrogen) atoms. The van der Waals surface area contributed by atoms with Gasteiger partial charge in [0.05, 0.1) is 5.39 Å². The van der Waals surface area contributed by atoms with Crippen molar-refractivity contribution in [3.05, 3.63) is 32.4 Å². The molecule has 0 saturated heterocycles. The molecule has 4 heterocycles. The third-order valence-electron chi connectivity index (χ3n) is 3.02. The molecule has 3 nitrogen and oxygen atoms in total. The highest BCUT2D eigenvalue weighted by Crippen LogP contribution is 2.35. The molecule has 0 unspecified atom stereocenters. The number of aromatic nitrogens is 2. The van der Waals surface area contributed by atoms with E-state index in [0.29, 0.717) is 0 Å². The second kappa shape index (κ2) is 3.57. The Morgan fingerprint density at radius 3 is 3.29 bits per heavy atom. The predicted molar refractivity (Wildman–Crippen MR) is 74.6 cm³/mol. The van der Waals surface area contributed by atoms with Gasteiger partial charge in [0.25, 0.3) is 5.56 Å². The van der Waals surface area contributed by atoms with Crippen LogP contribution in [0.4, 0.5) is 0 Å². The second-order valence-corrected chi connectivity index (χ2v) is 7.02. The van der Waals surface area contributed by atoms with Crippen LogP contribution in [0.15, 0.2) is 16.4 Å². The van der Waals surface area contributed by atoms with E-state index >= 15 is 0 Å². The minimum atomic E-state index is 0.107. The van der Waals surface area contributed by atoms with Gasteiger partial charge in [0.2, 0.25) is 0 Å². The molecular formula is C11H8N2OS3. The van der Waals surface area contributed by atoms with Gasteiger partial charge in [0, 0.05) is 22.2 Å². The van der Waals surface area contributed by atoms with Crippen LogP contribution in [0.5, 0.6) is 0 Å². The lowest BCUT2D eigenvalue weighted by atomic mass is 10.1. The Balaban J connectivity index is 2.23. The Morgan fingerprint density at radius 2 is 2.35 bits per heavy atom. The van der Waals surface area contributed by atoms with Crippen LogP contribution in [-0.4, -0.2) is 15.1 Å². The van der Waals surface area contributed by atoms with Crippen molar-refractivity contribution in [2.24, 2.45) is 0 Å². The van der Waals surface area contributed by atoms with E-state index in [1.807, 2.05) is 23.3 Å². The second-order valence-electron chi connectivity index (χ2n) is 3.96. The highest BCUT2D eigenvalue weighted by atomic mass is 32.2. The van der Waals surface area contributed by atoms with Crippen LogP contribution >= 0.6 is 34.4 Å². The molecule has 3 aromatic heterocycles. The van der Waals surface area contributed by atoms with Gasteiger partial charge >= 0.3 is 0 Å². The fourth-order valence-electron chi connectivity index (χ4n) is 2.23. The van der Waals surface area contributed by atoms with Crippen molar-refractivity contribution < 1.29 is 0 Å². The molecule has 0 aromatic carbocycles. The maximum atomic E-state index is 12.4. The van der Waals surface area contributed by atoms with Crippen LogP contribution in [-0.2, 0) is 12.2 Å². The van der Waals surface area contributed by atoms with Crippen molar-refractivity contribution in [3.63, 3.8) is 0 Å². The molecule has 0 aliphatic carbocycles. The number of thiazole rings is 1. The highest BCUT2D eigenvalue weighted by molar-refractivity contribution is 7.98. The summed E-state index contributed by atoms with van der Waals surface area (Å²) in [5, 5.41) is 2.77. The molecular weight excluding hydrogens is 272 g/mol. The number of fused-ring (bicyclic) bond motifs is 4. The van der Waals surface area contributed by atoms with Crippen LogP contribution in [0.2, 0.25) is 0 Å². The molecule has 0 atom stereocenters. The molecule has 3 aromatic rings. The maximum absolute atomic E-state index is 12.4. The fraction of sp³-hybridized carbons (Fsp3) is 0.273. The van der Waals surface area contributed by atoms with Gasteiger partial charge in [-0.3, -0.25) is 9.20 Å². The SMILES string of the molecule is O=c1c2c3c(sc2nc2sccn12)CSCC3. The van der Waals surface area contributed by atoms with Crippen LogP contribution in [0.3, 0.4) is 0 Å². The summed E-state index contributed by atoms with van der Waals surface area (Å²) in [5.41, 5.74) is 1.36. The molecule has 0 radical (unpaired) electrons. The Morgan fingerprint density at radius 1 is 1.41 bits per heavy atom. The molecule has 0 saturated carbocycles. The number of rotatable bonds is 0. The molecule has 86 valence electrons. The summed E-state index contributed by atoms with van der Waals surface area (Å²) in [7, 11) is 0. The van der Waals surface area contributed by atoms with Gasteiger partial charge in [-0.25, -0.2) is 4.98 Å². The summed E-state index contributed by atoms with van der Waals surface area (Å²) >= 11 is 5.15. The largest absolute Gasteiger partial charge is 0.268 e. The lowest BCUT2D eigenvalue weighted by Gasteiger charge is -2.09. The lowest BCUT2D eigenvalue weighted by molar-refractivity contribution is 1.09. The third kappa shape index (κ3) is 1.34. The van der Waals surface area contributed by atoms with E-state index in [9.17, 15) is 4.79 Å². The first-order valence-electron chi connectivity index (χ1n) is 5.32. The number of hydrogen-bond acceptors (Lipinski definition) is 5. The molecule has 0 N–H and O–H groups in total. The van der Waals surface area contributed by atoms with Gasteiger partial charge in [-0.05, 0) is 17.7 Å². The van der Waals surface area contributed by atoms with Gasteiger partial charge in [-0.2, -0.15) is 11.8 Å². The summed E-state index contributed by atoms with van der Waals surface area (Å²) in [4.78, 5) is 20.1. The van der Waals surface area contributed by atoms with E-state index in [0.717, 1.165) is 33.1 Å². The zero-order valence-corrected chi connectivity index (χ0v) is 11.3. The van der Waals surface area contributed by atoms with Crippen molar-refractivity contribution in [3.8, 4) is 0 Å². The van der Waals surface area contributed by atoms with Gasteiger partial charge in [-0.1, -0.05) is 0 Å². The minimum Gasteiger partial charge on any atom is -0.268 e. The molecule has 4 rings (SSSR count). The smallest absolute Gasteiger partial charge is 0.267 e. The van der Waals surface area contributed by atoms with E-state index < -0.39 is 0 Å². The number of nitrogens with zero attached hydrogens (tertiary/aromatic N) is 2. The van der Waals surface area contributed by atoms with E-state index in [1.54, 1.807) is 15.7 Å². The first kappa shape index (κ1) is 10.1. The lowest BCUT2D eigenvalue weighted by Crippen LogP contribution is -2.14. The Bertz CT molecular complexity index is 783. The summed E-state index contributed by atoms with van der Waals surface area (Å²) < 4.78 is 1.67. The maximum Gasteiger partial charge on any atom is 0.267 e. The number of thioether (sulfide) groups is 1. The van der Waals surface area contributed by atoms with Crippen molar-refractivity contribution in [2.45, 2.75) is 12.2 Å². The van der Waals surface area contributed by atoms with Crippen molar-refractivity contribution in [1.82, 2.24) is 9.38 Å². The van der Waals surface area contributed by atoms with Gasteiger partial charge in [-0.15, -0.1) is 22.7 Å². The molecule has 0 spiro atoms. The number of aryl methyl sites for hydroxylation is 1. The molecule has 0 amide bonds. The van der Waals surface area contributed by atoms with Crippen molar-refractivity contribution in [1.29, 1.82) is 0 Å². The summed E-state index contributed by atoms with van der Waals surface area (Å²) in [6.07, 6.45) is 2.82. The molecule has 6 heteroatoms. The van der Waals surface area contributed by atoms with Gasteiger partial charge < -0.3 is 0 Å². The minimum absolute atomic E-state index is 0.107. The van der Waals surface area contributed by atoms with Crippen molar-refractivity contribution >= 4 is 49.6 Å². The van der Waals surface area contributed by atoms with Crippen LogP contribution < -0.4 is 5.56 Å². The van der Waals surface area contributed by atoms with E-state index in [-0.39, 0.29) is 5.56 Å². The average Bonchev–Trinajstić information content (AvgIpc) is 2.92. The highest BCUT2D eigenvalue weighted by Gasteiger charge is 2.20. The van der Waals surface area contributed by atoms with Crippen LogP contribution in [0.25, 0.3) is 15.2 Å². The normalized spacial score (nSPS) is 15.5. The topological polar surface area (TPSA) is 34.4 Å². The summed E-state index contributed by atoms with van der Waals surface area (Å²) in [5.74, 6) is 2.15. The average molecular weight is 280 g/mol. The molecule has 0 bridgehead atoms. The Hall–Kier alpha value is -0.850. The number of thiophene rings is 1. The number of hydrogen-bond donors (Lipinski definition) is 0. The monoisotopic (exact) mass is 280 g/mol. The fourth-order valence-corrected chi connectivity index (χ4v) is 5.34. The molecule has 0 fully saturated rings. The first-order chi connectivity index (χ1) is 8.34. The van der Waals surface area contributed by atoms with Crippen LogP contribution in [0, 0.1) is 0 Å².